The standard InChI is InChI=1S/C27H24F4O/c1-2-17-3-5-18(6-4-17)7-8-19-9-11-20(12-10-19)21-13-14-23-22(15-21)16-24(28)26(25(23)29)32-27(30)31/h9-18,27H,2-6H2,1H3. The van der Waals surface area contributed by atoms with Crippen molar-refractivity contribution in [1.82, 2.24) is 0 Å². The zero-order chi connectivity index (χ0) is 22.7. The Morgan fingerprint density at radius 1 is 0.938 bits per heavy atom. The molecule has 0 saturated heterocycles. The smallest absolute Gasteiger partial charge is 0.387 e. The van der Waals surface area contributed by atoms with E-state index in [9.17, 15) is 17.6 Å². The zero-order valence-electron chi connectivity index (χ0n) is 17.8. The molecule has 1 saturated carbocycles. The number of halogens is 4. The summed E-state index contributed by atoms with van der Waals surface area (Å²) < 4.78 is 57.4. The lowest BCUT2D eigenvalue weighted by Crippen LogP contribution is -2.12. The molecular weight excluding hydrogens is 416 g/mol. The molecule has 4 rings (SSSR count). The third kappa shape index (κ3) is 4.91. The zero-order valence-corrected chi connectivity index (χ0v) is 17.8. The van der Waals surface area contributed by atoms with Gasteiger partial charge in [-0.3, -0.25) is 0 Å². The number of ether oxygens (including phenoxy) is 1. The van der Waals surface area contributed by atoms with E-state index < -0.39 is 24.0 Å². The lowest BCUT2D eigenvalue weighted by molar-refractivity contribution is -0.0544. The molecule has 1 aliphatic rings. The van der Waals surface area contributed by atoms with Gasteiger partial charge in [-0.05, 0) is 72.4 Å². The Morgan fingerprint density at radius 3 is 2.28 bits per heavy atom. The minimum absolute atomic E-state index is 0.0195. The molecule has 166 valence electrons. The van der Waals surface area contributed by atoms with Crippen molar-refractivity contribution >= 4 is 10.8 Å². The second-order valence-corrected chi connectivity index (χ2v) is 8.29. The Morgan fingerprint density at radius 2 is 1.62 bits per heavy atom. The molecule has 3 aromatic carbocycles. The van der Waals surface area contributed by atoms with Crippen LogP contribution in [-0.4, -0.2) is 6.61 Å². The molecule has 0 bridgehead atoms. The molecule has 0 atom stereocenters. The molecule has 0 unspecified atom stereocenters. The quantitative estimate of drug-likeness (QED) is 0.295. The molecule has 0 spiro atoms. The first-order chi connectivity index (χ1) is 15.4. The molecule has 0 aliphatic heterocycles. The number of rotatable bonds is 4. The van der Waals surface area contributed by atoms with E-state index in [2.05, 4.69) is 23.5 Å². The molecule has 5 heteroatoms. The minimum atomic E-state index is -3.30. The van der Waals surface area contributed by atoms with Gasteiger partial charge in [-0.25, -0.2) is 8.78 Å². The average molecular weight is 440 g/mol. The first kappa shape index (κ1) is 22.2. The van der Waals surface area contributed by atoms with Crippen LogP contribution in [0.3, 0.4) is 0 Å². The number of hydrogen-bond donors (Lipinski definition) is 0. The van der Waals surface area contributed by atoms with Crippen molar-refractivity contribution < 1.29 is 22.3 Å². The first-order valence-electron chi connectivity index (χ1n) is 10.9. The predicted octanol–water partition coefficient (Wildman–Crippen LogP) is 7.95. The van der Waals surface area contributed by atoms with E-state index >= 15 is 0 Å². The average Bonchev–Trinajstić information content (AvgIpc) is 2.80. The van der Waals surface area contributed by atoms with Gasteiger partial charge >= 0.3 is 6.61 Å². The highest BCUT2D eigenvalue weighted by atomic mass is 19.3. The van der Waals surface area contributed by atoms with Crippen LogP contribution in [0.15, 0.2) is 48.5 Å². The van der Waals surface area contributed by atoms with E-state index in [0.717, 1.165) is 41.5 Å². The van der Waals surface area contributed by atoms with Gasteiger partial charge in [-0.15, -0.1) is 0 Å². The largest absolute Gasteiger partial charge is 0.429 e. The number of hydrogen-bond acceptors (Lipinski definition) is 1. The summed E-state index contributed by atoms with van der Waals surface area (Å²) in [6.07, 6.45) is 6.09. The van der Waals surface area contributed by atoms with Crippen molar-refractivity contribution in [3.8, 4) is 28.7 Å². The molecule has 0 heterocycles. The molecule has 0 aromatic heterocycles. The highest BCUT2D eigenvalue weighted by Crippen LogP contribution is 2.34. The van der Waals surface area contributed by atoms with Gasteiger partial charge < -0.3 is 4.74 Å². The minimum Gasteiger partial charge on any atom is -0.429 e. The summed E-state index contributed by atoms with van der Waals surface area (Å²) in [6, 6.07) is 13.4. The van der Waals surface area contributed by atoms with Crippen molar-refractivity contribution in [2.75, 3.05) is 0 Å². The second-order valence-electron chi connectivity index (χ2n) is 8.29. The van der Waals surface area contributed by atoms with E-state index in [-0.39, 0.29) is 10.8 Å². The van der Waals surface area contributed by atoms with Crippen LogP contribution in [0.5, 0.6) is 5.75 Å². The van der Waals surface area contributed by atoms with Crippen molar-refractivity contribution in [3.05, 3.63) is 65.7 Å². The van der Waals surface area contributed by atoms with Gasteiger partial charge in [0, 0.05) is 16.9 Å². The molecule has 32 heavy (non-hydrogen) atoms. The van der Waals surface area contributed by atoms with Crippen LogP contribution < -0.4 is 4.74 Å². The van der Waals surface area contributed by atoms with Crippen molar-refractivity contribution in [3.63, 3.8) is 0 Å². The highest BCUT2D eigenvalue weighted by molar-refractivity contribution is 5.89. The summed E-state index contributed by atoms with van der Waals surface area (Å²) in [4.78, 5) is 0. The number of benzene rings is 3. The van der Waals surface area contributed by atoms with E-state index in [1.807, 2.05) is 24.3 Å². The van der Waals surface area contributed by atoms with Crippen molar-refractivity contribution in [2.24, 2.45) is 11.8 Å². The lowest BCUT2D eigenvalue weighted by Gasteiger charge is -2.24. The van der Waals surface area contributed by atoms with E-state index in [4.69, 9.17) is 0 Å². The Hall–Kier alpha value is -3.00. The molecule has 0 amide bonds. The van der Waals surface area contributed by atoms with Crippen LogP contribution in [0.1, 0.15) is 44.6 Å². The molecule has 1 fully saturated rings. The van der Waals surface area contributed by atoms with Crippen LogP contribution in [0.25, 0.3) is 21.9 Å². The Kier molecular flexibility index (Phi) is 6.69. The summed E-state index contributed by atoms with van der Waals surface area (Å²) in [5, 5.41) is 0.289. The Labute approximate surface area is 185 Å². The number of alkyl halides is 2. The van der Waals surface area contributed by atoms with E-state index in [1.165, 1.54) is 25.3 Å². The van der Waals surface area contributed by atoms with Gasteiger partial charge in [0.15, 0.2) is 17.4 Å². The van der Waals surface area contributed by atoms with Crippen LogP contribution >= 0.6 is 0 Å². The van der Waals surface area contributed by atoms with Crippen LogP contribution in [0.4, 0.5) is 17.6 Å². The Balaban J connectivity index is 1.53. The molecular formula is C27H24F4O. The van der Waals surface area contributed by atoms with E-state index in [1.54, 1.807) is 12.1 Å². The molecule has 0 radical (unpaired) electrons. The summed E-state index contributed by atoms with van der Waals surface area (Å²) in [6.45, 7) is -1.05. The third-order valence-electron chi connectivity index (χ3n) is 6.26. The summed E-state index contributed by atoms with van der Waals surface area (Å²) in [7, 11) is 0. The molecule has 3 aromatic rings. The van der Waals surface area contributed by atoms with Crippen molar-refractivity contribution in [2.45, 2.75) is 45.6 Å². The number of fused-ring (bicyclic) bond motifs is 1. The molecule has 1 aliphatic carbocycles. The van der Waals surface area contributed by atoms with Gasteiger partial charge in [-0.2, -0.15) is 8.78 Å². The molecule has 1 nitrogen and oxygen atoms in total. The van der Waals surface area contributed by atoms with Crippen LogP contribution in [-0.2, 0) is 0 Å². The van der Waals surface area contributed by atoms with E-state index in [0.29, 0.717) is 5.92 Å². The van der Waals surface area contributed by atoms with Gasteiger partial charge in [0.1, 0.15) is 0 Å². The molecule has 0 N–H and O–H groups in total. The van der Waals surface area contributed by atoms with Gasteiger partial charge in [0.05, 0.1) is 0 Å². The summed E-state index contributed by atoms with van der Waals surface area (Å²) >= 11 is 0. The fourth-order valence-electron chi connectivity index (χ4n) is 4.33. The summed E-state index contributed by atoms with van der Waals surface area (Å²) in [5.41, 5.74) is 2.56. The summed E-state index contributed by atoms with van der Waals surface area (Å²) in [5.74, 6) is 4.61. The highest BCUT2D eigenvalue weighted by Gasteiger charge is 2.19. The van der Waals surface area contributed by atoms with Crippen LogP contribution in [0, 0.1) is 35.3 Å². The fraction of sp³-hybridized carbons (Fsp3) is 0.333. The fourth-order valence-corrected chi connectivity index (χ4v) is 4.33. The van der Waals surface area contributed by atoms with Gasteiger partial charge in [-0.1, -0.05) is 49.5 Å². The second kappa shape index (κ2) is 9.65. The Bertz CT molecular complexity index is 1150. The lowest BCUT2D eigenvalue weighted by atomic mass is 9.81. The predicted molar refractivity (Wildman–Crippen MR) is 119 cm³/mol. The topological polar surface area (TPSA) is 9.23 Å². The maximum atomic E-state index is 14.4. The monoisotopic (exact) mass is 440 g/mol. The van der Waals surface area contributed by atoms with Gasteiger partial charge in [0.2, 0.25) is 0 Å². The first-order valence-corrected chi connectivity index (χ1v) is 10.9. The maximum Gasteiger partial charge on any atom is 0.387 e. The maximum absolute atomic E-state index is 14.4. The third-order valence-corrected chi connectivity index (χ3v) is 6.26. The SMILES string of the molecule is CCC1CCC(C#Cc2ccc(-c3ccc4c(F)c(OC(F)F)c(F)cc4c3)cc2)CC1. The van der Waals surface area contributed by atoms with Crippen molar-refractivity contribution in [1.29, 1.82) is 0 Å². The normalized spacial score (nSPS) is 18.4. The van der Waals surface area contributed by atoms with Crippen LogP contribution in [0.2, 0.25) is 0 Å². The van der Waals surface area contributed by atoms with Gasteiger partial charge in [0.25, 0.3) is 0 Å².